The molecular weight excluding hydrogens is 192 g/mol. The predicted octanol–water partition coefficient (Wildman–Crippen LogP) is 1.93. The van der Waals surface area contributed by atoms with Crippen molar-refractivity contribution in [1.82, 2.24) is 4.98 Å². The van der Waals surface area contributed by atoms with E-state index in [1.165, 1.54) is 0 Å². The second-order valence-electron chi connectivity index (χ2n) is 2.47. The van der Waals surface area contributed by atoms with Gasteiger partial charge in [0.2, 0.25) is 0 Å². The summed E-state index contributed by atoms with van der Waals surface area (Å²) in [5, 5.41) is 1.07. The van der Waals surface area contributed by atoms with E-state index in [-0.39, 0.29) is 0 Å². The average Bonchev–Trinajstić information content (AvgIpc) is 2.29. The van der Waals surface area contributed by atoms with Crippen molar-refractivity contribution in [2.75, 3.05) is 0 Å². The van der Waals surface area contributed by atoms with Crippen LogP contribution in [0, 0.1) is 0 Å². The molecule has 2 nitrogen and oxygen atoms in total. The zero-order chi connectivity index (χ0) is 8.72. The van der Waals surface area contributed by atoms with Crippen LogP contribution >= 0.6 is 23.2 Å². The fraction of sp³-hybridized carbons (Fsp3) is 0. The van der Waals surface area contributed by atoms with Crippen LogP contribution in [0.25, 0.3) is 11.1 Å². The standard InChI is InChI=1S/C7H2Cl2NO.Li/c8-4-1-5(9)7-6(2-4)10-3-11-7;/h1-2H;. The van der Waals surface area contributed by atoms with E-state index in [2.05, 4.69) is 4.98 Å². The van der Waals surface area contributed by atoms with Crippen molar-refractivity contribution in [2.24, 2.45) is 0 Å². The molecule has 0 amide bonds. The molecule has 0 bridgehead atoms. The maximum absolute atomic E-state index is 5.86. The maximum atomic E-state index is 5.86. The van der Waals surface area contributed by atoms with Gasteiger partial charge in [0.1, 0.15) is 0 Å². The number of halogens is 2. The molecule has 0 saturated heterocycles. The van der Waals surface area contributed by atoms with Gasteiger partial charge in [-0.1, -0.05) is 0 Å². The number of hydrogen-bond acceptors (Lipinski definition) is 2. The summed E-state index contributed by atoms with van der Waals surface area (Å²) in [6, 6.07) is 3.36. The molecule has 0 aliphatic heterocycles. The minimum absolute atomic E-state index is 0.498. The summed E-state index contributed by atoms with van der Waals surface area (Å²) in [7, 11) is 0. The first-order valence-corrected chi connectivity index (χ1v) is 4.14. The molecule has 0 unspecified atom stereocenters. The molecule has 5 heteroatoms. The summed E-state index contributed by atoms with van der Waals surface area (Å²) in [5.74, 6) is 0. The molecule has 2 aromatic rings. The number of aromatic nitrogens is 1. The third-order valence-electron chi connectivity index (χ3n) is 1.52. The molecule has 0 atom stereocenters. The Morgan fingerprint density at radius 3 is 2.83 bits per heavy atom. The monoisotopic (exact) mass is 193 g/mol. The van der Waals surface area contributed by atoms with Crippen LogP contribution in [0.15, 0.2) is 16.5 Å². The molecular formula is C7H2Cl2LiNO. The second kappa shape index (κ2) is 2.97. The number of benzene rings is 1. The van der Waals surface area contributed by atoms with E-state index >= 15 is 0 Å². The van der Waals surface area contributed by atoms with Crippen molar-refractivity contribution in [3.63, 3.8) is 0 Å². The third-order valence-corrected chi connectivity index (χ3v) is 2.02. The number of oxazole rings is 1. The van der Waals surface area contributed by atoms with Crippen LogP contribution < -0.4 is 4.56 Å². The quantitative estimate of drug-likeness (QED) is 0.598. The van der Waals surface area contributed by atoms with E-state index in [0.717, 1.165) is 0 Å². The van der Waals surface area contributed by atoms with Gasteiger partial charge in [-0.15, -0.1) is 0 Å². The first-order chi connectivity index (χ1) is 5.66. The van der Waals surface area contributed by atoms with Gasteiger partial charge >= 0.3 is 88.2 Å². The summed E-state index contributed by atoms with van der Waals surface area (Å²) in [6.07, 6.45) is 0. The Bertz CT molecular complexity index is 440. The van der Waals surface area contributed by atoms with Gasteiger partial charge in [-0.25, -0.2) is 0 Å². The topological polar surface area (TPSA) is 26.0 Å². The Labute approximate surface area is 88.1 Å². The molecule has 0 saturated carbocycles. The molecule has 12 heavy (non-hydrogen) atoms. The summed E-state index contributed by atoms with van der Waals surface area (Å²) in [4.78, 5) is 4.10. The van der Waals surface area contributed by atoms with Gasteiger partial charge in [0.15, 0.2) is 0 Å². The van der Waals surface area contributed by atoms with E-state index in [4.69, 9.17) is 27.6 Å². The van der Waals surface area contributed by atoms with Gasteiger partial charge in [-0.05, 0) is 0 Å². The van der Waals surface area contributed by atoms with Crippen molar-refractivity contribution in [2.45, 2.75) is 0 Å². The molecule has 56 valence electrons. The predicted molar refractivity (Wildman–Crippen MR) is 49.4 cm³/mol. The summed E-state index contributed by atoms with van der Waals surface area (Å²) in [5.41, 5.74) is 1.29. The molecule has 0 aliphatic rings. The molecule has 2 rings (SSSR count). The summed E-state index contributed by atoms with van der Waals surface area (Å²) < 4.78 is 5.84. The van der Waals surface area contributed by atoms with Crippen molar-refractivity contribution < 1.29 is 4.42 Å². The van der Waals surface area contributed by atoms with Crippen LogP contribution in [0.1, 0.15) is 0 Å². The zero-order valence-electron chi connectivity index (χ0n) is 6.27. The van der Waals surface area contributed by atoms with Gasteiger partial charge in [0.05, 0.1) is 0 Å². The van der Waals surface area contributed by atoms with Crippen molar-refractivity contribution in [3.8, 4) is 0 Å². The number of nitrogens with zero attached hydrogens (tertiary/aromatic N) is 1. The van der Waals surface area contributed by atoms with E-state index in [0.29, 0.717) is 25.7 Å². The molecule has 1 heterocycles. The van der Waals surface area contributed by atoms with E-state index < -0.39 is 0 Å². The van der Waals surface area contributed by atoms with E-state index in [1.807, 2.05) is 0 Å². The van der Waals surface area contributed by atoms with E-state index in [1.54, 1.807) is 29.8 Å². The second-order valence-corrected chi connectivity index (χ2v) is 3.31. The normalized spacial score (nSPS) is 11.0. The SMILES string of the molecule is [Li][c]1nc2cc(Cl)cc(Cl)c2o1. The van der Waals surface area contributed by atoms with Gasteiger partial charge in [0, 0.05) is 0 Å². The fourth-order valence-electron chi connectivity index (χ4n) is 1.07. The Hall–Kier alpha value is -0.133. The Kier molecular flexibility index (Phi) is 2.10. The molecule has 1 aromatic carbocycles. The molecule has 0 N–H and O–H groups in total. The van der Waals surface area contributed by atoms with Crippen LogP contribution in [0.2, 0.25) is 10.0 Å². The van der Waals surface area contributed by atoms with Crippen LogP contribution in [-0.2, 0) is 0 Å². The van der Waals surface area contributed by atoms with Crippen molar-refractivity contribution >= 4 is 56.6 Å². The fourth-order valence-corrected chi connectivity index (χ4v) is 1.59. The number of rotatable bonds is 0. The molecule has 0 aliphatic carbocycles. The molecule has 0 radical (unpaired) electrons. The van der Waals surface area contributed by atoms with Gasteiger partial charge < -0.3 is 0 Å². The molecule has 0 spiro atoms. The van der Waals surface area contributed by atoms with Gasteiger partial charge in [0.25, 0.3) is 0 Å². The molecule has 0 fully saturated rings. The van der Waals surface area contributed by atoms with Crippen LogP contribution in [0.3, 0.4) is 0 Å². The summed E-state index contributed by atoms with van der Waals surface area (Å²) >= 11 is 13.4. The Morgan fingerprint density at radius 2 is 2.08 bits per heavy atom. The van der Waals surface area contributed by atoms with E-state index in [9.17, 15) is 0 Å². The average molecular weight is 194 g/mol. The minimum atomic E-state index is 0.498. The van der Waals surface area contributed by atoms with Crippen LogP contribution in [0.5, 0.6) is 0 Å². The summed E-state index contributed by atoms with van der Waals surface area (Å²) in [6.45, 7) is 0. The zero-order valence-corrected chi connectivity index (χ0v) is 7.78. The third kappa shape index (κ3) is 1.36. The number of fused-ring (bicyclic) bond motifs is 1. The van der Waals surface area contributed by atoms with Crippen LogP contribution in [-0.4, -0.2) is 22.7 Å². The molecule has 1 aromatic heterocycles. The van der Waals surface area contributed by atoms with Crippen molar-refractivity contribution in [3.05, 3.63) is 22.2 Å². The van der Waals surface area contributed by atoms with Gasteiger partial charge in [-0.2, -0.15) is 0 Å². The Morgan fingerprint density at radius 1 is 1.33 bits per heavy atom. The van der Waals surface area contributed by atoms with Gasteiger partial charge in [-0.3, -0.25) is 0 Å². The van der Waals surface area contributed by atoms with Crippen molar-refractivity contribution in [1.29, 1.82) is 0 Å². The first kappa shape index (κ1) is 8.46. The number of hydrogen-bond donors (Lipinski definition) is 0. The van der Waals surface area contributed by atoms with Crippen LogP contribution in [0.4, 0.5) is 0 Å². The Balaban J connectivity index is 2.88. The first-order valence-electron chi connectivity index (χ1n) is 3.39.